The van der Waals surface area contributed by atoms with Gasteiger partial charge in [-0.25, -0.2) is 9.97 Å². The molecule has 0 aliphatic rings. The maximum absolute atomic E-state index is 4.68. The zero-order chi connectivity index (χ0) is 13.4. The molecule has 0 aromatic carbocycles. The largest absolute Gasteiger partial charge is 0.370 e. The summed E-state index contributed by atoms with van der Waals surface area (Å²) in [6.45, 7) is 7.19. The van der Waals surface area contributed by atoms with Crippen LogP contribution in [-0.2, 0) is 0 Å². The molecule has 98 valence electrons. The fourth-order valence-corrected chi connectivity index (χ4v) is 3.56. The lowest BCUT2D eigenvalue weighted by Gasteiger charge is -2.06. The van der Waals surface area contributed by atoms with Gasteiger partial charge in [0.15, 0.2) is 5.82 Å². The molecule has 3 heterocycles. The molecule has 0 unspecified atom stereocenters. The molecule has 0 aliphatic carbocycles. The van der Waals surface area contributed by atoms with E-state index in [-0.39, 0.29) is 0 Å². The Hall–Kier alpha value is -1.53. The van der Waals surface area contributed by atoms with E-state index in [9.17, 15) is 0 Å². The number of thiazole rings is 1. The van der Waals surface area contributed by atoms with Gasteiger partial charge in [-0.2, -0.15) is 0 Å². The van der Waals surface area contributed by atoms with Crippen molar-refractivity contribution in [1.29, 1.82) is 0 Å². The number of nitrogens with zero attached hydrogens (tertiary/aromatic N) is 3. The molecule has 3 rings (SSSR count). The Morgan fingerprint density at radius 1 is 1.26 bits per heavy atom. The highest BCUT2D eigenvalue weighted by Gasteiger charge is 2.15. The van der Waals surface area contributed by atoms with Gasteiger partial charge in [0.05, 0.1) is 15.8 Å². The third-order valence-corrected chi connectivity index (χ3v) is 4.90. The molecule has 0 saturated carbocycles. The Morgan fingerprint density at radius 2 is 2.11 bits per heavy atom. The van der Waals surface area contributed by atoms with Crippen LogP contribution in [-0.4, -0.2) is 21.5 Å². The second-order valence-corrected chi connectivity index (χ2v) is 6.34. The van der Waals surface area contributed by atoms with Gasteiger partial charge in [0.1, 0.15) is 10.6 Å². The van der Waals surface area contributed by atoms with Crippen LogP contribution >= 0.6 is 22.7 Å². The molecule has 0 saturated heterocycles. The van der Waals surface area contributed by atoms with E-state index in [2.05, 4.69) is 41.0 Å². The van der Waals surface area contributed by atoms with Crippen molar-refractivity contribution >= 4 is 38.7 Å². The SMILES string of the molecule is CCNc1nc(-c2cncs2)nc2sc(C)c(C)c12. The summed E-state index contributed by atoms with van der Waals surface area (Å²) in [5.74, 6) is 1.69. The molecular formula is C13H14N4S2. The van der Waals surface area contributed by atoms with Gasteiger partial charge in [0.25, 0.3) is 0 Å². The van der Waals surface area contributed by atoms with Gasteiger partial charge < -0.3 is 5.32 Å². The van der Waals surface area contributed by atoms with Crippen LogP contribution in [0.25, 0.3) is 20.9 Å². The molecule has 0 spiro atoms. The number of aryl methyl sites for hydroxylation is 2. The van der Waals surface area contributed by atoms with E-state index >= 15 is 0 Å². The van der Waals surface area contributed by atoms with Crippen LogP contribution in [0.1, 0.15) is 17.4 Å². The number of hydrogen-bond acceptors (Lipinski definition) is 6. The zero-order valence-electron chi connectivity index (χ0n) is 11.0. The lowest BCUT2D eigenvalue weighted by Crippen LogP contribution is -2.02. The first-order valence-corrected chi connectivity index (χ1v) is 7.80. The van der Waals surface area contributed by atoms with Crippen LogP contribution in [0.3, 0.4) is 0 Å². The molecule has 0 aliphatic heterocycles. The number of fused-ring (bicyclic) bond motifs is 1. The normalized spacial score (nSPS) is 11.1. The minimum Gasteiger partial charge on any atom is -0.370 e. The van der Waals surface area contributed by atoms with Crippen molar-refractivity contribution in [3.05, 3.63) is 22.1 Å². The van der Waals surface area contributed by atoms with Crippen LogP contribution in [0.5, 0.6) is 0 Å². The van der Waals surface area contributed by atoms with E-state index < -0.39 is 0 Å². The smallest absolute Gasteiger partial charge is 0.174 e. The predicted octanol–water partition coefficient (Wildman–Crippen LogP) is 3.86. The van der Waals surface area contributed by atoms with Crippen molar-refractivity contribution in [3.8, 4) is 10.7 Å². The molecule has 4 nitrogen and oxygen atoms in total. The second kappa shape index (κ2) is 4.86. The number of anilines is 1. The lowest BCUT2D eigenvalue weighted by molar-refractivity contribution is 1.15. The maximum atomic E-state index is 4.68. The van der Waals surface area contributed by atoms with Crippen molar-refractivity contribution in [2.75, 3.05) is 11.9 Å². The van der Waals surface area contributed by atoms with Gasteiger partial charge in [0.2, 0.25) is 0 Å². The maximum Gasteiger partial charge on any atom is 0.174 e. The molecule has 3 aromatic heterocycles. The number of nitrogens with one attached hydrogen (secondary N) is 1. The van der Waals surface area contributed by atoms with Crippen molar-refractivity contribution in [1.82, 2.24) is 15.0 Å². The fourth-order valence-electron chi connectivity index (χ4n) is 1.98. The monoisotopic (exact) mass is 290 g/mol. The summed E-state index contributed by atoms with van der Waals surface area (Å²) in [4.78, 5) is 16.8. The van der Waals surface area contributed by atoms with E-state index in [0.717, 1.165) is 33.3 Å². The third kappa shape index (κ3) is 2.11. The van der Waals surface area contributed by atoms with Crippen LogP contribution in [0.15, 0.2) is 11.7 Å². The molecule has 0 bridgehead atoms. The molecule has 3 aromatic rings. The Morgan fingerprint density at radius 3 is 2.79 bits per heavy atom. The Balaban J connectivity index is 2.27. The highest BCUT2D eigenvalue weighted by Crippen LogP contribution is 2.35. The minimum absolute atomic E-state index is 0.757. The first kappa shape index (κ1) is 12.5. The van der Waals surface area contributed by atoms with Crippen LogP contribution in [0.4, 0.5) is 5.82 Å². The summed E-state index contributed by atoms with van der Waals surface area (Å²) in [5.41, 5.74) is 3.08. The highest BCUT2D eigenvalue weighted by atomic mass is 32.1. The van der Waals surface area contributed by atoms with Crippen LogP contribution in [0.2, 0.25) is 0 Å². The first-order valence-electron chi connectivity index (χ1n) is 6.11. The molecule has 6 heteroatoms. The van der Waals surface area contributed by atoms with Crippen LogP contribution in [0, 0.1) is 13.8 Å². The Kier molecular flexibility index (Phi) is 3.20. The summed E-state index contributed by atoms with van der Waals surface area (Å²) < 4.78 is 0. The van der Waals surface area contributed by atoms with Crippen molar-refractivity contribution in [3.63, 3.8) is 0 Å². The summed E-state index contributed by atoms with van der Waals surface area (Å²) in [6, 6.07) is 0. The quantitative estimate of drug-likeness (QED) is 0.795. The molecule has 1 N–H and O–H groups in total. The van der Waals surface area contributed by atoms with E-state index in [0.29, 0.717) is 0 Å². The average Bonchev–Trinajstić information content (AvgIpc) is 2.99. The van der Waals surface area contributed by atoms with Crippen molar-refractivity contribution in [2.24, 2.45) is 0 Å². The number of hydrogen-bond donors (Lipinski definition) is 1. The van der Waals surface area contributed by atoms with Gasteiger partial charge in [-0.3, -0.25) is 4.98 Å². The average molecular weight is 290 g/mol. The van der Waals surface area contributed by atoms with E-state index in [1.807, 2.05) is 6.20 Å². The highest BCUT2D eigenvalue weighted by molar-refractivity contribution is 7.19. The van der Waals surface area contributed by atoms with E-state index in [1.54, 1.807) is 28.2 Å². The summed E-state index contributed by atoms with van der Waals surface area (Å²) in [6.07, 6.45) is 1.81. The van der Waals surface area contributed by atoms with Gasteiger partial charge >= 0.3 is 0 Å². The Bertz CT molecular complexity index is 716. The zero-order valence-corrected chi connectivity index (χ0v) is 12.7. The lowest BCUT2D eigenvalue weighted by atomic mass is 10.2. The minimum atomic E-state index is 0.757. The summed E-state index contributed by atoms with van der Waals surface area (Å²) in [7, 11) is 0. The molecule has 0 fully saturated rings. The molecule has 19 heavy (non-hydrogen) atoms. The molecule has 0 amide bonds. The van der Waals surface area contributed by atoms with E-state index in [4.69, 9.17) is 0 Å². The van der Waals surface area contributed by atoms with Crippen molar-refractivity contribution < 1.29 is 0 Å². The predicted molar refractivity (Wildman–Crippen MR) is 82.2 cm³/mol. The van der Waals surface area contributed by atoms with Gasteiger partial charge in [-0.1, -0.05) is 0 Å². The Labute approximate surface area is 119 Å². The fraction of sp³-hybridized carbons (Fsp3) is 0.308. The van der Waals surface area contributed by atoms with Gasteiger partial charge in [0, 0.05) is 17.6 Å². The summed E-state index contributed by atoms with van der Waals surface area (Å²) in [5, 5.41) is 4.50. The van der Waals surface area contributed by atoms with E-state index in [1.165, 1.54) is 10.4 Å². The van der Waals surface area contributed by atoms with Gasteiger partial charge in [-0.15, -0.1) is 22.7 Å². The molecule has 0 atom stereocenters. The summed E-state index contributed by atoms with van der Waals surface area (Å²) >= 11 is 3.29. The van der Waals surface area contributed by atoms with Crippen molar-refractivity contribution in [2.45, 2.75) is 20.8 Å². The molecule has 0 radical (unpaired) electrons. The number of aromatic nitrogens is 3. The van der Waals surface area contributed by atoms with Gasteiger partial charge in [-0.05, 0) is 26.3 Å². The first-order chi connectivity index (χ1) is 9.20. The molecular weight excluding hydrogens is 276 g/mol. The van der Waals surface area contributed by atoms with Crippen LogP contribution < -0.4 is 5.32 Å². The standard InChI is InChI=1S/C13H14N4S2/c1-4-15-12-10-7(2)8(3)19-13(10)17-11(16-12)9-5-14-6-18-9/h5-6H,4H2,1-3H3,(H,15,16,17). The number of thiophene rings is 1. The second-order valence-electron chi connectivity index (χ2n) is 4.26. The topological polar surface area (TPSA) is 50.7 Å². The third-order valence-electron chi connectivity index (χ3n) is 3.03. The number of rotatable bonds is 3.